The van der Waals surface area contributed by atoms with Crippen LogP contribution in [0.3, 0.4) is 0 Å². The van der Waals surface area contributed by atoms with Gasteiger partial charge in [0.2, 0.25) is 5.91 Å². The number of hydrogen-bond donors (Lipinski definition) is 2. The summed E-state index contributed by atoms with van der Waals surface area (Å²) in [6.07, 6.45) is 6.81. The summed E-state index contributed by atoms with van der Waals surface area (Å²) >= 11 is 0. The highest BCUT2D eigenvalue weighted by molar-refractivity contribution is 5.91. The Morgan fingerprint density at radius 2 is 1.92 bits per heavy atom. The lowest BCUT2D eigenvalue weighted by Crippen LogP contribution is -2.47. The number of aryl methyl sites for hydroxylation is 4. The summed E-state index contributed by atoms with van der Waals surface area (Å²) in [5.41, 5.74) is 7.15. The molecule has 0 spiro atoms. The molecule has 2 heterocycles. The number of piperidine rings is 1. The third-order valence-corrected chi connectivity index (χ3v) is 8.97. The molecule has 2 N–H and O–H groups in total. The predicted molar refractivity (Wildman–Crippen MR) is 150 cm³/mol. The van der Waals surface area contributed by atoms with Gasteiger partial charge in [0, 0.05) is 24.2 Å². The molecule has 1 unspecified atom stereocenters. The number of carbonyl (C=O) groups is 1. The summed E-state index contributed by atoms with van der Waals surface area (Å²) in [4.78, 5) is 14.9. The number of nitriles is 1. The number of nitrogens with zero attached hydrogens (tertiary/aromatic N) is 5. The van der Waals surface area contributed by atoms with E-state index in [1.54, 1.807) is 4.68 Å². The molecule has 1 amide bonds. The molecule has 0 bridgehead atoms. The monoisotopic (exact) mass is 526 g/mol. The Bertz CT molecular complexity index is 1390. The Hall–Kier alpha value is -3.70. The minimum Gasteiger partial charge on any atom is -0.393 e. The SMILES string of the molecule is Cc1cc(C)c(-c2cn(CCC(=O)Nc3ccccc3[C@@H]3CC4[C@@H](CC[C@H](O)[C@@H]4C)CN3C#N)nn2)cc1C. The van der Waals surface area contributed by atoms with Crippen molar-refractivity contribution in [3.8, 4) is 17.5 Å². The number of anilines is 1. The van der Waals surface area contributed by atoms with Crippen LogP contribution in [0, 0.1) is 50.0 Å². The van der Waals surface area contributed by atoms with Gasteiger partial charge in [0.15, 0.2) is 6.19 Å². The molecular weight excluding hydrogens is 488 g/mol. The molecule has 1 aliphatic carbocycles. The number of aromatic nitrogens is 3. The van der Waals surface area contributed by atoms with E-state index in [1.807, 2.05) is 35.4 Å². The Morgan fingerprint density at radius 1 is 1.15 bits per heavy atom. The summed E-state index contributed by atoms with van der Waals surface area (Å²) < 4.78 is 1.71. The van der Waals surface area contributed by atoms with Gasteiger partial charge in [-0.25, -0.2) is 0 Å². The second-order valence-electron chi connectivity index (χ2n) is 11.4. The minimum absolute atomic E-state index is 0.111. The predicted octanol–water partition coefficient (Wildman–Crippen LogP) is 5.15. The molecule has 1 saturated carbocycles. The number of amides is 1. The number of aliphatic hydroxyl groups excluding tert-OH is 1. The fourth-order valence-electron chi connectivity index (χ4n) is 6.48. The van der Waals surface area contributed by atoms with Gasteiger partial charge in [0.25, 0.3) is 0 Å². The van der Waals surface area contributed by atoms with Crippen molar-refractivity contribution in [1.29, 1.82) is 5.26 Å². The van der Waals surface area contributed by atoms with Crippen molar-refractivity contribution in [2.45, 2.75) is 72.1 Å². The van der Waals surface area contributed by atoms with Crippen molar-refractivity contribution in [3.05, 3.63) is 64.8 Å². The molecule has 0 radical (unpaired) electrons. The Morgan fingerprint density at radius 3 is 2.72 bits per heavy atom. The van der Waals surface area contributed by atoms with E-state index >= 15 is 0 Å². The number of nitrogens with one attached hydrogen (secondary N) is 1. The van der Waals surface area contributed by atoms with Crippen LogP contribution in [0.4, 0.5) is 5.69 Å². The van der Waals surface area contributed by atoms with Crippen LogP contribution < -0.4 is 5.32 Å². The summed E-state index contributed by atoms with van der Waals surface area (Å²) in [6, 6.07) is 11.9. The Balaban J connectivity index is 1.26. The van der Waals surface area contributed by atoms with Gasteiger partial charge in [-0.05, 0) is 92.2 Å². The Labute approximate surface area is 230 Å². The molecule has 1 aromatic heterocycles. The summed E-state index contributed by atoms with van der Waals surface area (Å²) in [7, 11) is 0. The molecule has 2 aliphatic rings. The number of aliphatic hydroxyl groups is 1. The maximum atomic E-state index is 13.0. The van der Waals surface area contributed by atoms with Crippen molar-refractivity contribution >= 4 is 11.6 Å². The Kier molecular flexibility index (Phi) is 7.72. The number of rotatable bonds is 6. The van der Waals surface area contributed by atoms with E-state index in [0.29, 0.717) is 24.9 Å². The van der Waals surface area contributed by atoms with Gasteiger partial charge < -0.3 is 15.3 Å². The van der Waals surface area contributed by atoms with Gasteiger partial charge in [0.05, 0.1) is 24.9 Å². The summed E-state index contributed by atoms with van der Waals surface area (Å²) in [5.74, 6) is 0.866. The molecule has 3 aromatic rings. The van der Waals surface area contributed by atoms with Gasteiger partial charge >= 0.3 is 0 Å². The van der Waals surface area contributed by atoms with E-state index in [2.05, 4.69) is 61.6 Å². The van der Waals surface area contributed by atoms with E-state index in [4.69, 9.17) is 0 Å². The van der Waals surface area contributed by atoms with Crippen molar-refractivity contribution in [3.63, 3.8) is 0 Å². The van der Waals surface area contributed by atoms with Crippen LogP contribution in [-0.2, 0) is 11.3 Å². The molecule has 2 fully saturated rings. The highest BCUT2D eigenvalue weighted by Crippen LogP contribution is 2.47. The standard InChI is InChI=1S/C31H38N6O2/c1-19-13-21(3)25(14-20(19)2)28-17-37(35-34-28)12-11-31(39)33-27-8-6-5-7-24(27)29-15-26-22(4)30(38)10-9-23(26)16-36(29)18-32/h5-8,13-14,17,22-23,26,29-30,38H,9-12,15-16H2,1-4H3,(H,33,39)/t22-,23+,26?,29+,30+/m1/s1. The molecule has 8 heteroatoms. The number of carbonyl (C=O) groups excluding carboxylic acids is 1. The van der Waals surface area contributed by atoms with Gasteiger partial charge in [-0.15, -0.1) is 5.10 Å². The van der Waals surface area contributed by atoms with E-state index in [-0.39, 0.29) is 30.4 Å². The number of hydrogen-bond acceptors (Lipinski definition) is 6. The molecule has 5 atom stereocenters. The second kappa shape index (κ2) is 11.2. The quantitative estimate of drug-likeness (QED) is 0.430. The molecule has 39 heavy (non-hydrogen) atoms. The first kappa shape index (κ1) is 26.9. The highest BCUT2D eigenvalue weighted by atomic mass is 16.3. The third kappa shape index (κ3) is 5.55. The highest BCUT2D eigenvalue weighted by Gasteiger charge is 2.43. The molecule has 1 saturated heterocycles. The van der Waals surface area contributed by atoms with Crippen molar-refractivity contribution < 1.29 is 9.90 Å². The van der Waals surface area contributed by atoms with Gasteiger partial charge in [-0.3, -0.25) is 9.48 Å². The van der Waals surface area contributed by atoms with Gasteiger partial charge in [-0.2, -0.15) is 5.26 Å². The normalized spacial score (nSPS) is 24.6. The van der Waals surface area contributed by atoms with Crippen LogP contribution in [-0.4, -0.2) is 43.6 Å². The second-order valence-corrected chi connectivity index (χ2v) is 11.4. The average Bonchev–Trinajstić information content (AvgIpc) is 3.40. The fourth-order valence-corrected chi connectivity index (χ4v) is 6.48. The first-order chi connectivity index (χ1) is 18.7. The van der Waals surface area contributed by atoms with E-state index in [9.17, 15) is 15.2 Å². The lowest BCUT2D eigenvalue weighted by Gasteiger charge is -2.48. The van der Waals surface area contributed by atoms with E-state index in [1.165, 1.54) is 11.1 Å². The lowest BCUT2D eigenvalue weighted by atomic mass is 9.66. The van der Waals surface area contributed by atoms with Crippen molar-refractivity contribution in [2.24, 2.45) is 17.8 Å². The van der Waals surface area contributed by atoms with Crippen LogP contribution in [0.15, 0.2) is 42.6 Å². The van der Waals surface area contributed by atoms with Crippen molar-refractivity contribution in [2.75, 3.05) is 11.9 Å². The molecule has 1 aliphatic heterocycles. The topological polar surface area (TPSA) is 107 Å². The van der Waals surface area contributed by atoms with E-state index < -0.39 is 0 Å². The maximum absolute atomic E-state index is 13.0. The molecule has 5 rings (SSSR count). The largest absolute Gasteiger partial charge is 0.393 e. The fraction of sp³-hybridized carbons (Fsp3) is 0.484. The molecule has 2 aromatic carbocycles. The minimum atomic E-state index is -0.285. The maximum Gasteiger partial charge on any atom is 0.226 e. The summed E-state index contributed by atoms with van der Waals surface area (Å²) in [5, 5.41) is 32.1. The zero-order chi connectivity index (χ0) is 27.7. The van der Waals surface area contributed by atoms with Gasteiger partial charge in [-0.1, -0.05) is 36.4 Å². The number of para-hydroxylation sites is 1. The first-order valence-corrected chi connectivity index (χ1v) is 14.0. The van der Waals surface area contributed by atoms with Crippen LogP contribution in [0.5, 0.6) is 0 Å². The number of benzene rings is 2. The van der Waals surface area contributed by atoms with Gasteiger partial charge in [0.1, 0.15) is 5.69 Å². The van der Waals surface area contributed by atoms with E-state index in [0.717, 1.165) is 47.3 Å². The van der Waals surface area contributed by atoms with Crippen LogP contribution in [0.25, 0.3) is 11.3 Å². The zero-order valence-corrected chi connectivity index (χ0v) is 23.3. The van der Waals surface area contributed by atoms with Crippen LogP contribution >= 0.6 is 0 Å². The molecular formula is C31H38N6O2. The zero-order valence-electron chi connectivity index (χ0n) is 23.3. The molecule has 8 nitrogen and oxygen atoms in total. The smallest absolute Gasteiger partial charge is 0.226 e. The first-order valence-electron chi connectivity index (χ1n) is 14.0. The van der Waals surface area contributed by atoms with Crippen LogP contribution in [0.2, 0.25) is 0 Å². The molecule has 204 valence electrons. The summed E-state index contributed by atoms with van der Waals surface area (Å²) in [6.45, 7) is 9.50. The lowest BCUT2D eigenvalue weighted by molar-refractivity contribution is -0.116. The van der Waals surface area contributed by atoms with Crippen LogP contribution in [0.1, 0.15) is 60.9 Å². The third-order valence-electron chi connectivity index (χ3n) is 8.97. The number of fused-ring (bicyclic) bond motifs is 1. The average molecular weight is 527 g/mol. The van der Waals surface area contributed by atoms with Crippen molar-refractivity contribution in [1.82, 2.24) is 19.9 Å². The number of likely N-dealkylation sites (tertiary alicyclic amines) is 1.